The van der Waals surface area contributed by atoms with E-state index in [0.717, 1.165) is 16.9 Å². The third-order valence-corrected chi connectivity index (χ3v) is 2.70. The molecule has 0 saturated heterocycles. The summed E-state index contributed by atoms with van der Waals surface area (Å²) in [6.07, 6.45) is 0. The quantitative estimate of drug-likeness (QED) is 0.868. The van der Waals surface area contributed by atoms with E-state index in [0.29, 0.717) is 5.75 Å². The summed E-state index contributed by atoms with van der Waals surface area (Å²) in [5.41, 5.74) is 7.70. The highest BCUT2D eigenvalue weighted by Crippen LogP contribution is 2.24. The number of aliphatic hydroxyl groups is 1. The van der Waals surface area contributed by atoms with Gasteiger partial charge in [-0.3, -0.25) is 0 Å². The zero-order chi connectivity index (χ0) is 13.0. The number of nitrogens with two attached hydrogens (primary N) is 1. The molecule has 0 saturated carbocycles. The largest absolute Gasteiger partial charge is 0.457 e. The smallest absolute Gasteiger partial charge is 0.127 e. The second-order valence-electron chi connectivity index (χ2n) is 4.27. The van der Waals surface area contributed by atoms with Crippen LogP contribution in [0.15, 0.2) is 48.5 Å². The van der Waals surface area contributed by atoms with Crippen LogP contribution in [0.2, 0.25) is 0 Å². The van der Waals surface area contributed by atoms with Crippen LogP contribution in [0.4, 0.5) is 0 Å². The lowest BCUT2D eigenvalue weighted by Gasteiger charge is -2.10. The Labute approximate surface area is 107 Å². The Hall–Kier alpha value is -1.84. The molecule has 3 nitrogen and oxygen atoms in total. The van der Waals surface area contributed by atoms with Gasteiger partial charge < -0.3 is 15.6 Å². The molecule has 3 N–H and O–H groups in total. The molecule has 1 unspecified atom stereocenters. The van der Waals surface area contributed by atoms with E-state index in [4.69, 9.17) is 15.6 Å². The molecule has 0 radical (unpaired) electrons. The number of hydrogen-bond acceptors (Lipinski definition) is 3. The first-order chi connectivity index (χ1) is 8.69. The Morgan fingerprint density at radius 3 is 2.44 bits per heavy atom. The van der Waals surface area contributed by atoms with Crippen molar-refractivity contribution < 1.29 is 9.84 Å². The van der Waals surface area contributed by atoms with E-state index in [1.165, 1.54) is 0 Å². The summed E-state index contributed by atoms with van der Waals surface area (Å²) in [7, 11) is 0. The van der Waals surface area contributed by atoms with E-state index in [-0.39, 0.29) is 12.6 Å². The number of rotatable bonds is 4. The SMILES string of the molecule is CC(N)c1cccc(Oc2cccc(CO)c2)c1. The molecule has 0 fully saturated rings. The Bertz CT molecular complexity index is 523. The number of hydrogen-bond donors (Lipinski definition) is 2. The lowest BCUT2D eigenvalue weighted by molar-refractivity contribution is 0.281. The van der Waals surface area contributed by atoms with Gasteiger partial charge in [-0.2, -0.15) is 0 Å². The highest BCUT2D eigenvalue weighted by molar-refractivity contribution is 5.36. The van der Waals surface area contributed by atoms with Gasteiger partial charge in [0.2, 0.25) is 0 Å². The standard InChI is InChI=1S/C15H17NO2/c1-11(16)13-5-3-7-15(9-13)18-14-6-2-4-12(8-14)10-17/h2-9,11,17H,10,16H2,1H3. The maximum absolute atomic E-state index is 9.07. The van der Waals surface area contributed by atoms with E-state index in [2.05, 4.69) is 0 Å². The Balaban J connectivity index is 2.20. The van der Waals surface area contributed by atoms with Crippen LogP contribution in [0.25, 0.3) is 0 Å². The second kappa shape index (κ2) is 5.67. The van der Waals surface area contributed by atoms with Crippen LogP contribution in [0, 0.1) is 0 Å². The van der Waals surface area contributed by atoms with Gasteiger partial charge in [-0.25, -0.2) is 0 Å². The summed E-state index contributed by atoms with van der Waals surface area (Å²) < 4.78 is 5.74. The Kier molecular flexibility index (Phi) is 3.97. The highest BCUT2D eigenvalue weighted by atomic mass is 16.5. The summed E-state index contributed by atoms with van der Waals surface area (Å²) in [5.74, 6) is 1.46. The minimum absolute atomic E-state index is 0.0110. The maximum Gasteiger partial charge on any atom is 0.127 e. The molecule has 3 heteroatoms. The first-order valence-electron chi connectivity index (χ1n) is 5.92. The van der Waals surface area contributed by atoms with Gasteiger partial charge in [-0.15, -0.1) is 0 Å². The van der Waals surface area contributed by atoms with Crippen molar-refractivity contribution in [3.8, 4) is 11.5 Å². The van der Waals surface area contributed by atoms with Crippen molar-refractivity contribution in [1.82, 2.24) is 0 Å². The summed E-state index contributed by atoms with van der Waals surface area (Å²) in [5, 5.41) is 9.07. The maximum atomic E-state index is 9.07. The van der Waals surface area contributed by atoms with Crippen molar-refractivity contribution in [2.45, 2.75) is 19.6 Å². The summed E-state index contributed by atoms with van der Waals surface area (Å²) >= 11 is 0. The van der Waals surface area contributed by atoms with Crippen LogP contribution in [-0.4, -0.2) is 5.11 Å². The third-order valence-electron chi connectivity index (χ3n) is 2.70. The van der Waals surface area contributed by atoms with Crippen LogP contribution >= 0.6 is 0 Å². The average Bonchev–Trinajstić information content (AvgIpc) is 2.39. The fourth-order valence-corrected chi connectivity index (χ4v) is 1.70. The van der Waals surface area contributed by atoms with Gasteiger partial charge in [0, 0.05) is 6.04 Å². The van der Waals surface area contributed by atoms with Gasteiger partial charge in [0.25, 0.3) is 0 Å². The van der Waals surface area contributed by atoms with Crippen molar-refractivity contribution in [3.63, 3.8) is 0 Å². The molecule has 2 aromatic carbocycles. The Morgan fingerprint density at radius 1 is 1.11 bits per heavy atom. The molecule has 0 aliphatic rings. The van der Waals surface area contributed by atoms with Gasteiger partial charge in [-0.1, -0.05) is 24.3 Å². The number of benzene rings is 2. The van der Waals surface area contributed by atoms with Crippen LogP contribution < -0.4 is 10.5 Å². The normalized spacial score (nSPS) is 12.2. The van der Waals surface area contributed by atoms with E-state index in [9.17, 15) is 0 Å². The number of ether oxygens (including phenoxy) is 1. The van der Waals surface area contributed by atoms with Gasteiger partial charge in [0.1, 0.15) is 11.5 Å². The molecule has 1 atom stereocenters. The van der Waals surface area contributed by atoms with Crippen LogP contribution in [0.3, 0.4) is 0 Å². The second-order valence-corrected chi connectivity index (χ2v) is 4.27. The molecule has 0 aromatic heterocycles. The summed E-state index contributed by atoms with van der Waals surface area (Å²) in [6.45, 7) is 1.95. The van der Waals surface area contributed by atoms with Crippen molar-refractivity contribution in [2.75, 3.05) is 0 Å². The monoisotopic (exact) mass is 243 g/mol. The van der Waals surface area contributed by atoms with Gasteiger partial charge in [0.05, 0.1) is 6.61 Å². The van der Waals surface area contributed by atoms with Crippen LogP contribution in [-0.2, 0) is 6.61 Å². The zero-order valence-electron chi connectivity index (χ0n) is 10.3. The average molecular weight is 243 g/mol. The molecule has 18 heavy (non-hydrogen) atoms. The lowest BCUT2D eigenvalue weighted by atomic mass is 10.1. The number of aliphatic hydroxyl groups excluding tert-OH is 1. The fraction of sp³-hybridized carbons (Fsp3) is 0.200. The molecule has 0 aliphatic carbocycles. The topological polar surface area (TPSA) is 55.5 Å². The van der Waals surface area contributed by atoms with Crippen molar-refractivity contribution in [3.05, 3.63) is 59.7 Å². The van der Waals surface area contributed by atoms with Gasteiger partial charge >= 0.3 is 0 Å². The van der Waals surface area contributed by atoms with Crippen molar-refractivity contribution >= 4 is 0 Å². The predicted molar refractivity (Wildman–Crippen MR) is 71.5 cm³/mol. The molecular formula is C15H17NO2. The van der Waals surface area contributed by atoms with Gasteiger partial charge in [0.15, 0.2) is 0 Å². The summed E-state index contributed by atoms with van der Waals surface area (Å²) in [4.78, 5) is 0. The van der Waals surface area contributed by atoms with E-state index >= 15 is 0 Å². The van der Waals surface area contributed by atoms with Gasteiger partial charge in [-0.05, 0) is 42.3 Å². The van der Waals surface area contributed by atoms with Crippen molar-refractivity contribution in [1.29, 1.82) is 0 Å². The molecule has 0 aliphatic heterocycles. The first kappa shape index (κ1) is 12.6. The third kappa shape index (κ3) is 3.09. The molecule has 2 aromatic rings. The van der Waals surface area contributed by atoms with Crippen molar-refractivity contribution in [2.24, 2.45) is 5.73 Å². The lowest BCUT2D eigenvalue weighted by Crippen LogP contribution is -2.04. The summed E-state index contributed by atoms with van der Waals surface area (Å²) in [6, 6.07) is 15.1. The first-order valence-corrected chi connectivity index (χ1v) is 5.92. The van der Waals surface area contributed by atoms with Crippen LogP contribution in [0.1, 0.15) is 24.1 Å². The molecular weight excluding hydrogens is 226 g/mol. The molecule has 0 heterocycles. The van der Waals surface area contributed by atoms with E-state index in [1.54, 1.807) is 0 Å². The molecule has 0 spiro atoms. The molecule has 94 valence electrons. The Morgan fingerprint density at radius 2 is 1.78 bits per heavy atom. The zero-order valence-corrected chi connectivity index (χ0v) is 10.3. The fourth-order valence-electron chi connectivity index (χ4n) is 1.70. The molecule has 0 amide bonds. The van der Waals surface area contributed by atoms with Crippen LogP contribution in [0.5, 0.6) is 11.5 Å². The molecule has 2 rings (SSSR count). The minimum atomic E-state index is -0.0164. The highest BCUT2D eigenvalue weighted by Gasteiger charge is 2.03. The minimum Gasteiger partial charge on any atom is -0.457 e. The van der Waals surface area contributed by atoms with E-state index < -0.39 is 0 Å². The van der Waals surface area contributed by atoms with E-state index in [1.807, 2.05) is 55.5 Å². The predicted octanol–water partition coefficient (Wildman–Crippen LogP) is 2.99. The molecule has 0 bridgehead atoms.